The number of hydrogen-bond donors (Lipinski definition) is 0. The molecule has 0 atom stereocenters. The number of methoxy groups -OCH3 is 1. The van der Waals surface area contributed by atoms with Crippen molar-refractivity contribution in [1.29, 1.82) is 0 Å². The minimum atomic E-state index is -4.45. The van der Waals surface area contributed by atoms with E-state index in [4.69, 9.17) is 9.47 Å². The maximum Gasteiger partial charge on any atom is 0.419 e. The highest BCUT2D eigenvalue weighted by Crippen LogP contribution is 2.36. The van der Waals surface area contributed by atoms with Crippen molar-refractivity contribution in [3.63, 3.8) is 0 Å². The highest BCUT2D eigenvalue weighted by Gasteiger charge is 2.34. The third kappa shape index (κ3) is 3.91. The van der Waals surface area contributed by atoms with Crippen LogP contribution in [-0.4, -0.2) is 7.11 Å². The lowest BCUT2D eigenvalue weighted by Gasteiger charge is -2.15. The van der Waals surface area contributed by atoms with Crippen molar-refractivity contribution in [2.45, 2.75) is 12.8 Å². The van der Waals surface area contributed by atoms with Crippen LogP contribution in [0.25, 0.3) is 0 Å². The van der Waals surface area contributed by atoms with Crippen molar-refractivity contribution in [1.82, 2.24) is 0 Å². The normalized spacial score (nSPS) is 11.3. The van der Waals surface area contributed by atoms with Gasteiger partial charge in [0.2, 0.25) is 0 Å². The Morgan fingerprint density at radius 2 is 1.76 bits per heavy atom. The number of para-hydroxylation sites is 1. The van der Waals surface area contributed by atoms with Crippen molar-refractivity contribution in [3.05, 3.63) is 58.1 Å². The standard InChI is InChI=1S/C15H12BrF3O2/c1-20-13-7-6-11(16)8-10(13)9-21-14-5-3-2-4-12(14)15(17,18)19/h2-8H,9H2,1H3. The van der Waals surface area contributed by atoms with Crippen LogP contribution >= 0.6 is 15.9 Å². The Morgan fingerprint density at radius 3 is 2.43 bits per heavy atom. The maximum absolute atomic E-state index is 12.9. The van der Waals surface area contributed by atoms with E-state index in [1.165, 1.54) is 25.3 Å². The zero-order valence-corrected chi connectivity index (χ0v) is 12.7. The molecule has 2 aromatic carbocycles. The molecule has 0 N–H and O–H groups in total. The van der Waals surface area contributed by atoms with Gasteiger partial charge in [-0.15, -0.1) is 0 Å². The fraction of sp³-hybridized carbons (Fsp3) is 0.200. The molecule has 0 bridgehead atoms. The number of halogens is 4. The molecule has 0 aliphatic rings. The molecule has 0 radical (unpaired) electrons. The van der Waals surface area contributed by atoms with Crippen molar-refractivity contribution in [2.24, 2.45) is 0 Å². The molecule has 0 heterocycles. The van der Waals surface area contributed by atoms with Crippen LogP contribution in [0.3, 0.4) is 0 Å². The summed E-state index contributed by atoms with van der Waals surface area (Å²) in [7, 11) is 1.50. The van der Waals surface area contributed by atoms with Crippen molar-refractivity contribution in [3.8, 4) is 11.5 Å². The van der Waals surface area contributed by atoms with Gasteiger partial charge >= 0.3 is 6.18 Å². The van der Waals surface area contributed by atoms with E-state index < -0.39 is 11.7 Å². The molecular weight excluding hydrogens is 349 g/mol. The lowest BCUT2D eigenvalue weighted by Crippen LogP contribution is -2.08. The molecule has 2 nitrogen and oxygen atoms in total. The molecule has 0 aliphatic carbocycles. The second kappa shape index (κ2) is 6.39. The van der Waals surface area contributed by atoms with Gasteiger partial charge in [-0.1, -0.05) is 28.1 Å². The van der Waals surface area contributed by atoms with Crippen LogP contribution in [0, 0.1) is 0 Å². The van der Waals surface area contributed by atoms with Crippen LogP contribution in [0.4, 0.5) is 13.2 Å². The summed E-state index contributed by atoms with van der Waals surface area (Å²) in [5, 5.41) is 0. The molecule has 0 aromatic heterocycles. The Hall–Kier alpha value is -1.69. The van der Waals surface area contributed by atoms with Crippen LogP contribution in [0.1, 0.15) is 11.1 Å². The molecule has 0 unspecified atom stereocenters. The van der Waals surface area contributed by atoms with E-state index >= 15 is 0 Å². The summed E-state index contributed by atoms with van der Waals surface area (Å²) < 4.78 is 49.9. The van der Waals surface area contributed by atoms with Crippen LogP contribution in [0.15, 0.2) is 46.9 Å². The van der Waals surface area contributed by atoms with Crippen LogP contribution in [0.2, 0.25) is 0 Å². The fourth-order valence-corrected chi connectivity index (χ4v) is 2.25. The van der Waals surface area contributed by atoms with Gasteiger partial charge in [-0.3, -0.25) is 0 Å². The van der Waals surface area contributed by atoms with Gasteiger partial charge in [-0.05, 0) is 30.3 Å². The van der Waals surface area contributed by atoms with E-state index in [1.807, 2.05) is 0 Å². The number of alkyl halides is 3. The first-order valence-corrected chi connectivity index (χ1v) is 6.82. The minimum absolute atomic E-state index is 0.0181. The van der Waals surface area contributed by atoms with Gasteiger partial charge < -0.3 is 9.47 Å². The van der Waals surface area contributed by atoms with E-state index in [0.717, 1.165) is 10.5 Å². The van der Waals surface area contributed by atoms with Gasteiger partial charge in [0.25, 0.3) is 0 Å². The SMILES string of the molecule is COc1ccc(Br)cc1COc1ccccc1C(F)(F)F. The summed E-state index contributed by atoms with van der Waals surface area (Å²) in [4.78, 5) is 0. The third-order valence-electron chi connectivity index (χ3n) is 2.82. The number of rotatable bonds is 4. The molecule has 2 rings (SSSR count). The monoisotopic (exact) mass is 360 g/mol. The second-order valence-electron chi connectivity index (χ2n) is 4.24. The maximum atomic E-state index is 12.9. The van der Waals surface area contributed by atoms with Gasteiger partial charge in [0, 0.05) is 10.0 Å². The van der Waals surface area contributed by atoms with Gasteiger partial charge in [0.1, 0.15) is 18.1 Å². The topological polar surface area (TPSA) is 18.5 Å². The first-order valence-electron chi connectivity index (χ1n) is 6.03. The van der Waals surface area contributed by atoms with Gasteiger partial charge in [-0.2, -0.15) is 13.2 Å². The van der Waals surface area contributed by atoms with E-state index in [0.29, 0.717) is 11.3 Å². The Kier molecular flexibility index (Phi) is 4.77. The van der Waals surface area contributed by atoms with E-state index in [1.54, 1.807) is 18.2 Å². The van der Waals surface area contributed by atoms with Crippen molar-refractivity contribution < 1.29 is 22.6 Å². The Bertz CT molecular complexity index is 627. The van der Waals surface area contributed by atoms with Crippen molar-refractivity contribution >= 4 is 15.9 Å². The average molecular weight is 361 g/mol. The largest absolute Gasteiger partial charge is 0.496 e. The molecule has 2 aromatic rings. The smallest absolute Gasteiger partial charge is 0.419 e. The lowest BCUT2D eigenvalue weighted by molar-refractivity contribution is -0.139. The average Bonchev–Trinajstić information content (AvgIpc) is 2.44. The van der Waals surface area contributed by atoms with Gasteiger partial charge in [-0.25, -0.2) is 0 Å². The van der Waals surface area contributed by atoms with E-state index in [-0.39, 0.29) is 12.4 Å². The Labute approximate surface area is 128 Å². The third-order valence-corrected chi connectivity index (χ3v) is 3.31. The summed E-state index contributed by atoms with van der Waals surface area (Å²) in [5.74, 6) is 0.356. The molecule has 0 aliphatic heterocycles. The minimum Gasteiger partial charge on any atom is -0.496 e. The quantitative estimate of drug-likeness (QED) is 0.758. The molecule has 6 heteroatoms. The summed E-state index contributed by atoms with van der Waals surface area (Å²) >= 11 is 3.31. The number of benzene rings is 2. The van der Waals surface area contributed by atoms with Gasteiger partial charge in [0.05, 0.1) is 12.7 Å². The summed E-state index contributed by atoms with van der Waals surface area (Å²) in [6.45, 7) is -0.0181. The first-order chi connectivity index (χ1) is 9.91. The van der Waals surface area contributed by atoms with Gasteiger partial charge in [0.15, 0.2) is 0 Å². The van der Waals surface area contributed by atoms with E-state index in [9.17, 15) is 13.2 Å². The highest BCUT2D eigenvalue weighted by atomic mass is 79.9. The molecule has 0 fully saturated rings. The molecule has 112 valence electrons. The summed E-state index contributed by atoms with van der Waals surface area (Å²) in [6.07, 6.45) is -4.45. The summed E-state index contributed by atoms with van der Waals surface area (Å²) in [6, 6.07) is 10.4. The Balaban J connectivity index is 2.23. The number of ether oxygens (including phenoxy) is 2. The zero-order valence-electron chi connectivity index (χ0n) is 11.1. The van der Waals surface area contributed by atoms with Crippen LogP contribution in [-0.2, 0) is 12.8 Å². The molecule has 0 amide bonds. The lowest BCUT2D eigenvalue weighted by atomic mass is 10.2. The molecule has 0 spiro atoms. The number of hydrogen-bond acceptors (Lipinski definition) is 2. The Morgan fingerprint density at radius 1 is 1.05 bits per heavy atom. The second-order valence-corrected chi connectivity index (χ2v) is 5.15. The zero-order chi connectivity index (χ0) is 15.5. The van der Waals surface area contributed by atoms with Crippen LogP contribution in [0.5, 0.6) is 11.5 Å². The van der Waals surface area contributed by atoms with E-state index in [2.05, 4.69) is 15.9 Å². The molecular formula is C15H12BrF3O2. The molecule has 0 saturated heterocycles. The highest BCUT2D eigenvalue weighted by molar-refractivity contribution is 9.10. The molecule has 0 saturated carbocycles. The first kappa shape index (κ1) is 15.7. The van der Waals surface area contributed by atoms with Crippen LogP contribution < -0.4 is 9.47 Å². The van der Waals surface area contributed by atoms with Crippen molar-refractivity contribution in [2.75, 3.05) is 7.11 Å². The summed E-state index contributed by atoms with van der Waals surface area (Å²) in [5.41, 5.74) is -0.136. The molecule has 21 heavy (non-hydrogen) atoms. The predicted octanol–water partition coefficient (Wildman–Crippen LogP) is 5.06. The fourth-order valence-electron chi connectivity index (χ4n) is 1.84. The predicted molar refractivity (Wildman–Crippen MR) is 76.5 cm³/mol.